The maximum absolute atomic E-state index is 10.9. The van der Waals surface area contributed by atoms with Crippen molar-refractivity contribution in [2.24, 2.45) is 5.73 Å². The molecule has 1 unspecified atom stereocenters. The third-order valence-corrected chi connectivity index (χ3v) is 4.04. The molecule has 1 aliphatic carbocycles. The number of anilines is 1. The number of nitrogens with one attached hydrogen (secondary N) is 1. The Morgan fingerprint density at radius 3 is 2.57 bits per heavy atom. The molecule has 21 heavy (non-hydrogen) atoms. The number of hydrogen-bond donors (Lipinski definition) is 2. The van der Waals surface area contributed by atoms with Crippen LogP contribution in [0, 0.1) is 0 Å². The van der Waals surface area contributed by atoms with E-state index in [0.717, 1.165) is 29.1 Å². The van der Waals surface area contributed by atoms with Gasteiger partial charge in [-0.25, -0.2) is 0 Å². The van der Waals surface area contributed by atoms with Gasteiger partial charge in [0.2, 0.25) is 5.91 Å². The number of amides is 1. The molecule has 0 saturated heterocycles. The zero-order valence-corrected chi connectivity index (χ0v) is 12.4. The molecule has 0 fully saturated rings. The molecule has 3 nitrogen and oxygen atoms in total. The van der Waals surface area contributed by atoms with Crippen molar-refractivity contribution < 1.29 is 4.79 Å². The molecule has 108 valence electrons. The molecule has 1 amide bonds. The second-order valence-electron chi connectivity index (χ2n) is 5.50. The number of halogens is 1. The fourth-order valence-corrected chi connectivity index (χ4v) is 3.04. The van der Waals surface area contributed by atoms with E-state index in [1.54, 1.807) is 0 Å². The van der Waals surface area contributed by atoms with Gasteiger partial charge in [0.05, 0.1) is 6.42 Å². The number of nitrogens with two attached hydrogens (primary N) is 1. The highest BCUT2D eigenvalue weighted by atomic mass is 35.5. The average Bonchev–Trinajstić information content (AvgIpc) is 2.82. The predicted molar refractivity (Wildman–Crippen MR) is 85.6 cm³/mol. The molecule has 1 aliphatic rings. The molecule has 0 saturated carbocycles. The van der Waals surface area contributed by atoms with E-state index in [9.17, 15) is 4.79 Å². The minimum atomic E-state index is -0.307. The highest BCUT2D eigenvalue weighted by Crippen LogP contribution is 2.27. The van der Waals surface area contributed by atoms with Crippen LogP contribution in [-0.2, 0) is 24.1 Å². The van der Waals surface area contributed by atoms with Gasteiger partial charge in [0.15, 0.2) is 0 Å². The smallest absolute Gasteiger partial charge is 0.221 e. The van der Waals surface area contributed by atoms with Crippen molar-refractivity contribution in [1.82, 2.24) is 0 Å². The third-order valence-electron chi connectivity index (χ3n) is 3.80. The van der Waals surface area contributed by atoms with E-state index in [4.69, 9.17) is 17.3 Å². The van der Waals surface area contributed by atoms with Crippen LogP contribution in [0.2, 0.25) is 5.02 Å². The summed E-state index contributed by atoms with van der Waals surface area (Å²) in [7, 11) is 0. The second-order valence-corrected chi connectivity index (χ2v) is 5.94. The van der Waals surface area contributed by atoms with Crippen molar-refractivity contribution in [3.63, 3.8) is 0 Å². The van der Waals surface area contributed by atoms with Gasteiger partial charge in [-0.15, -0.1) is 0 Å². The normalized spacial score (nSPS) is 16.5. The first-order valence-corrected chi connectivity index (χ1v) is 7.39. The molecular formula is C17H17ClN2O. The van der Waals surface area contributed by atoms with Crippen LogP contribution in [-0.4, -0.2) is 11.9 Å². The van der Waals surface area contributed by atoms with E-state index < -0.39 is 0 Å². The van der Waals surface area contributed by atoms with Gasteiger partial charge in [0.1, 0.15) is 0 Å². The SMILES string of the molecule is NC(=O)Cc1ccc(NC2Cc3ccc(Cl)cc3C2)cc1. The monoisotopic (exact) mass is 300 g/mol. The molecule has 1 atom stereocenters. The molecule has 0 bridgehead atoms. The van der Waals surface area contributed by atoms with Crippen molar-refractivity contribution >= 4 is 23.2 Å². The fraction of sp³-hybridized carbons (Fsp3) is 0.235. The number of rotatable bonds is 4. The quantitative estimate of drug-likeness (QED) is 0.912. The van der Waals surface area contributed by atoms with E-state index in [1.165, 1.54) is 11.1 Å². The van der Waals surface area contributed by atoms with E-state index in [1.807, 2.05) is 30.3 Å². The van der Waals surface area contributed by atoms with Crippen LogP contribution in [0.25, 0.3) is 0 Å². The molecule has 4 heteroatoms. The average molecular weight is 301 g/mol. The van der Waals surface area contributed by atoms with Crippen molar-refractivity contribution in [3.05, 3.63) is 64.2 Å². The summed E-state index contributed by atoms with van der Waals surface area (Å²) >= 11 is 6.03. The van der Waals surface area contributed by atoms with Gasteiger partial charge in [0, 0.05) is 16.8 Å². The minimum absolute atomic E-state index is 0.285. The van der Waals surface area contributed by atoms with Gasteiger partial charge in [0.25, 0.3) is 0 Å². The zero-order chi connectivity index (χ0) is 14.8. The highest BCUT2D eigenvalue weighted by Gasteiger charge is 2.21. The summed E-state index contributed by atoms with van der Waals surface area (Å²) in [5.74, 6) is -0.307. The van der Waals surface area contributed by atoms with Gasteiger partial charge in [-0.05, 0) is 53.8 Å². The molecule has 0 aromatic heterocycles. The number of primary amides is 1. The van der Waals surface area contributed by atoms with E-state index >= 15 is 0 Å². The molecule has 3 N–H and O–H groups in total. The Morgan fingerprint density at radius 2 is 1.86 bits per heavy atom. The number of carbonyl (C=O) groups excluding carboxylic acids is 1. The Labute approximate surface area is 129 Å². The van der Waals surface area contributed by atoms with Gasteiger partial charge >= 0.3 is 0 Å². The van der Waals surface area contributed by atoms with Crippen LogP contribution in [0.4, 0.5) is 5.69 Å². The molecule has 0 aliphatic heterocycles. The summed E-state index contributed by atoms with van der Waals surface area (Å²) in [6.45, 7) is 0. The second kappa shape index (κ2) is 5.78. The van der Waals surface area contributed by atoms with Crippen LogP contribution in [0.3, 0.4) is 0 Å². The molecule has 3 rings (SSSR count). The largest absolute Gasteiger partial charge is 0.382 e. The van der Waals surface area contributed by atoms with Crippen molar-refractivity contribution in [2.75, 3.05) is 5.32 Å². The molecule has 0 spiro atoms. The lowest BCUT2D eigenvalue weighted by atomic mass is 10.1. The Morgan fingerprint density at radius 1 is 1.14 bits per heavy atom. The summed E-state index contributed by atoms with van der Waals surface area (Å²) in [6, 6.07) is 14.4. The van der Waals surface area contributed by atoms with Crippen molar-refractivity contribution in [3.8, 4) is 0 Å². The molecular weight excluding hydrogens is 284 g/mol. The van der Waals surface area contributed by atoms with Crippen LogP contribution in [0.1, 0.15) is 16.7 Å². The Balaban J connectivity index is 1.64. The Kier molecular flexibility index (Phi) is 3.84. The lowest BCUT2D eigenvalue weighted by Crippen LogP contribution is -2.19. The summed E-state index contributed by atoms with van der Waals surface area (Å²) in [4.78, 5) is 10.9. The minimum Gasteiger partial charge on any atom is -0.382 e. The number of carbonyl (C=O) groups is 1. The van der Waals surface area contributed by atoms with E-state index in [2.05, 4.69) is 17.4 Å². The first-order valence-electron chi connectivity index (χ1n) is 7.01. The third kappa shape index (κ3) is 3.37. The van der Waals surface area contributed by atoms with Gasteiger partial charge in [-0.3, -0.25) is 4.79 Å². The van der Waals surface area contributed by atoms with Gasteiger partial charge in [-0.1, -0.05) is 29.8 Å². The standard InChI is InChI=1S/C17H17ClN2O/c18-14-4-3-12-9-16(10-13(12)8-14)20-15-5-1-11(2-6-15)7-17(19)21/h1-6,8,16,20H,7,9-10H2,(H2,19,21). The maximum atomic E-state index is 10.9. The van der Waals surface area contributed by atoms with Crippen molar-refractivity contribution in [2.45, 2.75) is 25.3 Å². The summed E-state index contributed by atoms with van der Waals surface area (Å²) < 4.78 is 0. The molecule has 2 aromatic rings. The summed E-state index contributed by atoms with van der Waals surface area (Å²) in [6.07, 6.45) is 2.28. The van der Waals surface area contributed by atoms with Crippen LogP contribution >= 0.6 is 11.6 Å². The van der Waals surface area contributed by atoms with Gasteiger partial charge < -0.3 is 11.1 Å². The zero-order valence-electron chi connectivity index (χ0n) is 11.6. The molecule has 0 heterocycles. The first kappa shape index (κ1) is 14.0. The van der Waals surface area contributed by atoms with Crippen LogP contribution in [0.15, 0.2) is 42.5 Å². The number of benzene rings is 2. The van der Waals surface area contributed by atoms with Crippen LogP contribution < -0.4 is 11.1 Å². The Hall–Kier alpha value is -2.00. The first-order chi connectivity index (χ1) is 10.1. The van der Waals surface area contributed by atoms with Gasteiger partial charge in [-0.2, -0.15) is 0 Å². The van der Waals surface area contributed by atoms with E-state index in [-0.39, 0.29) is 12.3 Å². The van der Waals surface area contributed by atoms with Crippen molar-refractivity contribution in [1.29, 1.82) is 0 Å². The molecule has 2 aromatic carbocycles. The topological polar surface area (TPSA) is 55.1 Å². The molecule has 0 radical (unpaired) electrons. The Bertz CT molecular complexity index is 667. The summed E-state index contributed by atoms with van der Waals surface area (Å²) in [5.41, 5.74) is 9.88. The lowest BCUT2D eigenvalue weighted by molar-refractivity contribution is -0.117. The maximum Gasteiger partial charge on any atom is 0.221 e. The van der Waals surface area contributed by atoms with E-state index in [0.29, 0.717) is 6.04 Å². The number of hydrogen-bond acceptors (Lipinski definition) is 2. The highest BCUT2D eigenvalue weighted by molar-refractivity contribution is 6.30. The van der Waals surface area contributed by atoms with Crippen LogP contribution in [0.5, 0.6) is 0 Å². The fourth-order valence-electron chi connectivity index (χ4n) is 2.84. The summed E-state index contributed by atoms with van der Waals surface area (Å²) in [5, 5.41) is 4.33. The lowest BCUT2D eigenvalue weighted by Gasteiger charge is -2.13. The number of fused-ring (bicyclic) bond motifs is 1. The predicted octanol–water partition coefficient (Wildman–Crippen LogP) is 2.95.